The number of ether oxygens (including phenoxy) is 2. The van der Waals surface area contributed by atoms with Crippen molar-refractivity contribution in [2.45, 2.75) is 0 Å². The zero-order valence-electron chi connectivity index (χ0n) is 10.6. The zero-order chi connectivity index (χ0) is 13.5. The first kappa shape index (κ1) is 14.0. The van der Waals surface area contributed by atoms with Crippen molar-refractivity contribution in [1.82, 2.24) is 5.32 Å². The van der Waals surface area contributed by atoms with Crippen LogP contribution in [0.1, 0.15) is 0 Å². The molecule has 0 radical (unpaired) electrons. The van der Waals surface area contributed by atoms with Crippen molar-refractivity contribution in [1.29, 1.82) is 0 Å². The molecule has 0 aliphatic carbocycles. The molecule has 0 amide bonds. The lowest BCUT2D eigenvalue weighted by Gasteiger charge is -2.11. The second-order valence-corrected chi connectivity index (χ2v) is 3.51. The van der Waals surface area contributed by atoms with E-state index in [1.807, 2.05) is 7.05 Å². The number of nitrogens with zero attached hydrogens (tertiary/aromatic N) is 1. The third-order valence-electron chi connectivity index (χ3n) is 2.39. The van der Waals surface area contributed by atoms with Crippen molar-refractivity contribution in [2.75, 3.05) is 39.7 Å². The highest BCUT2D eigenvalue weighted by Gasteiger charge is 2.18. The fourth-order valence-electron chi connectivity index (χ4n) is 1.48. The van der Waals surface area contributed by atoms with Gasteiger partial charge in [-0.2, -0.15) is 0 Å². The molecule has 7 nitrogen and oxygen atoms in total. The van der Waals surface area contributed by atoms with Gasteiger partial charge in [0.05, 0.1) is 25.2 Å². The largest absolute Gasteiger partial charge is 0.493 e. The molecule has 100 valence electrons. The highest BCUT2D eigenvalue weighted by atomic mass is 16.6. The Hall–Kier alpha value is -2.02. The van der Waals surface area contributed by atoms with E-state index in [4.69, 9.17) is 9.47 Å². The summed E-state index contributed by atoms with van der Waals surface area (Å²) >= 11 is 0. The second kappa shape index (κ2) is 6.65. The lowest BCUT2D eigenvalue weighted by Crippen LogP contribution is -2.18. The molecule has 0 spiro atoms. The normalized spacial score (nSPS) is 9.94. The summed E-state index contributed by atoms with van der Waals surface area (Å²) in [7, 11) is 4.74. The number of nitrogens with one attached hydrogen (secondary N) is 2. The van der Waals surface area contributed by atoms with Crippen LogP contribution in [-0.4, -0.2) is 39.3 Å². The fourth-order valence-corrected chi connectivity index (χ4v) is 1.48. The summed E-state index contributed by atoms with van der Waals surface area (Å²) in [5, 5.41) is 16.9. The van der Waals surface area contributed by atoms with E-state index < -0.39 is 4.92 Å². The highest BCUT2D eigenvalue weighted by molar-refractivity contribution is 5.68. The van der Waals surface area contributed by atoms with E-state index in [1.54, 1.807) is 6.07 Å². The molecule has 1 rings (SSSR count). The van der Waals surface area contributed by atoms with Crippen LogP contribution < -0.4 is 20.1 Å². The van der Waals surface area contributed by atoms with Crippen LogP contribution in [0.2, 0.25) is 0 Å². The first-order chi connectivity index (χ1) is 8.63. The maximum Gasteiger partial charge on any atom is 0.296 e. The molecular formula is C11H17N3O4. The smallest absolute Gasteiger partial charge is 0.296 e. The minimum Gasteiger partial charge on any atom is -0.493 e. The van der Waals surface area contributed by atoms with Crippen LogP contribution in [0, 0.1) is 10.1 Å². The quantitative estimate of drug-likeness (QED) is 0.433. The minimum absolute atomic E-state index is 0.0382. The molecule has 0 saturated heterocycles. The van der Waals surface area contributed by atoms with Gasteiger partial charge >= 0.3 is 0 Å². The van der Waals surface area contributed by atoms with E-state index in [9.17, 15) is 10.1 Å². The van der Waals surface area contributed by atoms with E-state index in [-0.39, 0.29) is 5.69 Å². The van der Waals surface area contributed by atoms with Crippen molar-refractivity contribution >= 4 is 11.4 Å². The Bertz CT molecular complexity index is 423. The average molecular weight is 255 g/mol. The van der Waals surface area contributed by atoms with E-state index in [0.29, 0.717) is 30.3 Å². The number of hydrogen-bond acceptors (Lipinski definition) is 6. The molecule has 7 heteroatoms. The van der Waals surface area contributed by atoms with Gasteiger partial charge in [-0.25, -0.2) is 0 Å². The number of nitro benzene ring substituents is 1. The highest BCUT2D eigenvalue weighted by Crippen LogP contribution is 2.37. The van der Waals surface area contributed by atoms with Crippen molar-refractivity contribution in [3.05, 3.63) is 22.2 Å². The van der Waals surface area contributed by atoms with Gasteiger partial charge in [0, 0.05) is 19.2 Å². The minimum atomic E-state index is -0.455. The van der Waals surface area contributed by atoms with Gasteiger partial charge in [-0.05, 0) is 7.05 Å². The van der Waals surface area contributed by atoms with Gasteiger partial charge in [0.2, 0.25) is 0 Å². The molecule has 0 aliphatic rings. The molecule has 1 aromatic rings. The number of likely N-dealkylation sites (N-methyl/N-ethyl adjacent to an activating group) is 1. The number of nitro groups is 1. The predicted molar refractivity (Wildman–Crippen MR) is 68.6 cm³/mol. The van der Waals surface area contributed by atoms with E-state index in [1.165, 1.54) is 20.3 Å². The number of hydrogen-bond donors (Lipinski definition) is 2. The zero-order valence-corrected chi connectivity index (χ0v) is 10.6. The summed E-state index contributed by atoms with van der Waals surface area (Å²) in [6, 6.07) is 2.91. The Balaban J connectivity index is 3.08. The SMILES string of the molecule is CNCCNc1cc(OC)c(OC)cc1[N+](=O)[O-]. The molecule has 0 aromatic heterocycles. The van der Waals surface area contributed by atoms with E-state index in [2.05, 4.69) is 10.6 Å². The monoisotopic (exact) mass is 255 g/mol. The Morgan fingerprint density at radius 2 is 1.83 bits per heavy atom. The lowest BCUT2D eigenvalue weighted by molar-refractivity contribution is -0.384. The number of rotatable bonds is 7. The van der Waals surface area contributed by atoms with Gasteiger partial charge in [-0.15, -0.1) is 0 Å². The molecule has 0 aliphatic heterocycles. The van der Waals surface area contributed by atoms with Gasteiger partial charge in [0.25, 0.3) is 5.69 Å². The third-order valence-corrected chi connectivity index (χ3v) is 2.39. The summed E-state index contributed by atoms with van der Waals surface area (Å²) < 4.78 is 10.2. The maximum atomic E-state index is 11.0. The third kappa shape index (κ3) is 3.24. The van der Waals surface area contributed by atoms with Gasteiger partial charge in [-0.3, -0.25) is 10.1 Å². The van der Waals surface area contributed by atoms with E-state index >= 15 is 0 Å². The molecule has 0 fully saturated rings. The molecule has 0 atom stereocenters. The maximum absolute atomic E-state index is 11.0. The molecule has 2 N–H and O–H groups in total. The van der Waals surface area contributed by atoms with Gasteiger partial charge in [-0.1, -0.05) is 0 Å². The topological polar surface area (TPSA) is 85.7 Å². The fraction of sp³-hybridized carbons (Fsp3) is 0.455. The van der Waals surface area contributed by atoms with Crippen LogP contribution in [0.15, 0.2) is 12.1 Å². The van der Waals surface area contributed by atoms with Crippen molar-refractivity contribution < 1.29 is 14.4 Å². The second-order valence-electron chi connectivity index (χ2n) is 3.51. The van der Waals surface area contributed by atoms with Crippen LogP contribution in [0.5, 0.6) is 11.5 Å². The Kier molecular flexibility index (Phi) is 5.19. The molecule has 0 unspecified atom stereocenters. The summed E-state index contributed by atoms with van der Waals surface area (Å²) in [5.74, 6) is 0.790. The summed E-state index contributed by atoms with van der Waals surface area (Å²) in [6.07, 6.45) is 0. The molecule has 18 heavy (non-hydrogen) atoms. The average Bonchev–Trinajstić information content (AvgIpc) is 2.38. The van der Waals surface area contributed by atoms with Crippen molar-refractivity contribution in [3.63, 3.8) is 0 Å². The summed E-state index contributed by atoms with van der Waals surface area (Å²) in [6.45, 7) is 1.28. The van der Waals surface area contributed by atoms with Gasteiger partial charge in [0.1, 0.15) is 5.69 Å². The number of benzene rings is 1. The summed E-state index contributed by atoms with van der Waals surface area (Å²) in [4.78, 5) is 10.5. The first-order valence-corrected chi connectivity index (χ1v) is 5.43. The Labute approximate surface area is 105 Å². The van der Waals surface area contributed by atoms with Crippen LogP contribution in [0.4, 0.5) is 11.4 Å². The Morgan fingerprint density at radius 3 is 2.33 bits per heavy atom. The van der Waals surface area contributed by atoms with Crippen molar-refractivity contribution in [3.8, 4) is 11.5 Å². The lowest BCUT2D eigenvalue weighted by atomic mass is 10.2. The van der Waals surface area contributed by atoms with Crippen LogP contribution in [-0.2, 0) is 0 Å². The molecule has 0 heterocycles. The van der Waals surface area contributed by atoms with Crippen LogP contribution >= 0.6 is 0 Å². The van der Waals surface area contributed by atoms with Gasteiger partial charge < -0.3 is 20.1 Å². The van der Waals surface area contributed by atoms with E-state index in [0.717, 1.165) is 0 Å². The number of anilines is 1. The molecule has 1 aromatic carbocycles. The predicted octanol–water partition coefficient (Wildman–Crippen LogP) is 1.24. The van der Waals surface area contributed by atoms with Crippen LogP contribution in [0.25, 0.3) is 0 Å². The molecule has 0 bridgehead atoms. The number of methoxy groups -OCH3 is 2. The molecule has 0 saturated carbocycles. The Morgan fingerprint density at radius 1 is 1.22 bits per heavy atom. The van der Waals surface area contributed by atoms with Crippen LogP contribution in [0.3, 0.4) is 0 Å². The molecular weight excluding hydrogens is 238 g/mol. The standard InChI is InChI=1S/C11H17N3O4/c1-12-4-5-13-8-6-10(17-2)11(18-3)7-9(8)14(15)16/h6-7,12-13H,4-5H2,1-3H3. The first-order valence-electron chi connectivity index (χ1n) is 5.43. The van der Waals surface area contributed by atoms with Crippen molar-refractivity contribution in [2.24, 2.45) is 0 Å². The summed E-state index contributed by atoms with van der Waals surface area (Å²) in [5.41, 5.74) is 0.372. The van der Waals surface area contributed by atoms with Gasteiger partial charge in [0.15, 0.2) is 11.5 Å².